The number of aromatic nitrogens is 2. The molecule has 0 radical (unpaired) electrons. The van der Waals surface area contributed by atoms with Crippen molar-refractivity contribution >= 4 is 10.9 Å². The number of rotatable bonds is 4. The first-order chi connectivity index (χ1) is 8.56. The Morgan fingerprint density at radius 1 is 0.944 bits per heavy atom. The van der Waals surface area contributed by atoms with E-state index in [-0.39, 0.29) is 12.2 Å². The van der Waals surface area contributed by atoms with Crippen LogP contribution in [0.2, 0.25) is 0 Å². The zero-order chi connectivity index (χ0) is 13.1. The van der Waals surface area contributed by atoms with Crippen molar-refractivity contribution in [1.29, 1.82) is 0 Å². The minimum absolute atomic E-state index is 0.0961. The first kappa shape index (κ1) is 12.6. The molecule has 4 heteroatoms. The Hall–Kier alpha value is -1.84. The maximum Gasteiger partial charge on any atom is 0.163 e. The zero-order valence-electron chi connectivity index (χ0n) is 11.2. The van der Waals surface area contributed by atoms with Crippen LogP contribution in [-0.2, 0) is 0 Å². The van der Waals surface area contributed by atoms with E-state index in [1.165, 1.54) is 6.33 Å². The highest BCUT2D eigenvalue weighted by molar-refractivity contribution is 5.81. The predicted octanol–water partition coefficient (Wildman–Crippen LogP) is 3.20. The summed E-state index contributed by atoms with van der Waals surface area (Å²) in [4.78, 5) is 8.24. The van der Waals surface area contributed by atoms with E-state index < -0.39 is 0 Å². The topological polar surface area (TPSA) is 44.2 Å². The van der Waals surface area contributed by atoms with Gasteiger partial charge >= 0.3 is 0 Å². The van der Waals surface area contributed by atoms with Crippen LogP contribution in [0, 0.1) is 0 Å². The van der Waals surface area contributed by atoms with Gasteiger partial charge in [0.15, 0.2) is 11.5 Å². The van der Waals surface area contributed by atoms with Crippen molar-refractivity contribution in [2.45, 2.75) is 39.9 Å². The molecule has 0 spiro atoms. The molecule has 1 heterocycles. The normalized spacial score (nSPS) is 11.2. The third kappa shape index (κ3) is 2.88. The fourth-order valence-electron chi connectivity index (χ4n) is 1.68. The lowest BCUT2D eigenvalue weighted by Crippen LogP contribution is -2.10. The van der Waals surface area contributed by atoms with Gasteiger partial charge in [-0.05, 0) is 33.8 Å². The van der Waals surface area contributed by atoms with Crippen molar-refractivity contribution in [2.75, 3.05) is 0 Å². The number of hydrogen-bond acceptors (Lipinski definition) is 4. The number of fused-ring (bicyclic) bond motifs is 1. The van der Waals surface area contributed by atoms with Gasteiger partial charge in [-0.2, -0.15) is 0 Å². The van der Waals surface area contributed by atoms with Gasteiger partial charge < -0.3 is 9.47 Å². The van der Waals surface area contributed by atoms with E-state index in [2.05, 4.69) is 9.97 Å². The summed E-state index contributed by atoms with van der Waals surface area (Å²) < 4.78 is 11.5. The molecule has 2 aromatic rings. The van der Waals surface area contributed by atoms with Crippen molar-refractivity contribution in [3.8, 4) is 11.5 Å². The molecule has 0 atom stereocenters. The highest BCUT2D eigenvalue weighted by Crippen LogP contribution is 2.32. The van der Waals surface area contributed by atoms with Crippen LogP contribution in [0.4, 0.5) is 0 Å². The summed E-state index contributed by atoms with van der Waals surface area (Å²) in [7, 11) is 0. The molecule has 0 amide bonds. The number of benzene rings is 1. The largest absolute Gasteiger partial charge is 0.487 e. The highest BCUT2D eigenvalue weighted by atomic mass is 16.5. The summed E-state index contributed by atoms with van der Waals surface area (Å²) in [5.74, 6) is 1.46. The van der Waals surface area contributed by atoms with Crippen molar-refractivity contribution < 1.29 is 9.47 Å². The molecule has 0 aliphatic heterocycles. The Morgan fingerprint density at radius 3 is 2.17 bits per heavy atom. The Bertz CT molecular complexity index is 490. The Kier molecular flexibility index (Phi) is 3.65. The standard InChI is InChI=1S/C14H18N2O2/c1-9(2)17-13-5-11-7-15-8-16-12(11)6-14(13)18-10(3)4/h5-10H,1-4H3. The summed E-state index contributed by atoms with van der Waals surface area (Å²) in [6.45, 7) is 7.96. The molecular formula is C14H18N2O2. The molecule has 1 aromatic heterocycles. The molecule has 0 unspecified atom stereocenters. The minimum Gasteiger partial charge on any atom is -0.487 e. The fourth-order valence-corrected chi connectivity index (χ4v) is 1.68. The van der Waals surface area contributed by atoms with Gasteiger partial charge in [0, 0.05) is 17.6 Å². The first-order valence-electron chi connectivity index (χ1n) is 6.13. The van der Waals surface area contributed by atoms with Crippen LogP contribution < -0.4 is 9.47 Å². The first-order valence-corrected chi connectivity index (χ1v) is 6.13. The molecule has 0 fully saturated rings. The van der Waals surface area contributed by atoms with E-state index in [0.717, 1.165) is 22.4 Å². The van der Waals surface area contributed by atoms with Gasteiger partial charge in [-0.1, -0.05) is 0 Å². The monoisotopic (exact) mass is 246 g/mol. The lowest BCUT2D eigenvalue weighted by Gasteiger charge is -2.17. The molecule has 18 heavy (non-hydrogen) atoms. The van der Waals surface area contributed by atoms with Gasteiger partial charge in [0.2, 0.25) is 0 Å². The quantitative estimate of drug-likeness (QED) is 0.831. The third-order valence-corrected chi connectivity index (χ3v) is 2.30. The zero-order valence-corrected chi connectivity index (χ0v) is 11.2. The average Bonchev–Trinajstić information content (AvgIpc) is 2.28. The summed E-state index contributed by atoms with van der Waals surface area (Å²) >= 11 is 0. The second kappa shape index (κ2) is 5.21. The Balaban J connectivity index is 2.48. The number of ether oxygens (including phenoxy) is 2. The maximum atomic E-state index is 5.77. The molecule has 0 aliphatic carbocycles. The smallest absolute Gasteiger partial charge is 0.163 e. The van der Waals surface area contributed by atoms with Gasteiger partial charge in [-0.25, -0.2) is 9.97 Å². The van der Waals surface area contributed by atoms with E-state index in [4.69, 9.17) is 9.47 Å². The van der Waals surface area contributed by atoms with Crippen LogP contribution in [0.5, 0.6) is 11.5 Å². The van der Waals surface area contributed by atoms with Gasteiger partial charge in [0.1, 0.15) is 6.33 Å². The van der Waals surface area contributed by atoms with Crippen LogP contribution in [0.3, 0.4) is 0 Å². The van der Waals surface area contributed by atoms with E-state index in [9.17, 15) is 0 Å². The highest BCUT2D eigenvalue weighted by Gasteiger charge is 2.11. The lowest BCUT2D eigenvalue weighted by molar-refractivity contribution is 0.199. The van der Waals surface area contributed by atoms with Crippen LogP contribution >= 0.6 is 0 Å². The SMILES string of the molecule is CC(C)Oc1cc2cncnc2cc1OC(C)C. The van der Waals surface area contributed by atoms with E-state index in [1.54, 1.807) is 6.20 Å². The van der Waals surface area contributed by atoms with Crippen LogP contribution in [0.1, 0.15) is 27.7 Å². The second-order valence-corrected chi connectivity index (χ2v) is 4.71. The lowest BCUT2D eigenvalue weighted by atomic mass is 10.2. The fraction of sp³-hybridized carbons (Fsp3) is 0.429. The second-order valence-electron chi connectivity index (χ2n) is 4.71. The molecule has 96 valence electrons. The summed E-state index contributed by atoms with van der Waals surface area (Å²) in [5.41, 5.74) is 0.858. The molecular weight excluding hydrogens is 228 g/mol. The summed E-state index contributed by atoms with van der Waals surface area (Å²) in [6.07, 6.45) is 3.50. The summed E-state index contributed by atoms with van der Waals surface area (Å²) in [5, 5.41) is 0.948. The van der Waals surface area contributed by atoms with Crippen molar-refractivity contribution in [1.82, 2.24) is 9.97 Å². The molecule has 2 rings (SSSR count). The van der Waals surface area contributed by atoms with E-state index in [0.29, 0.717) is 0 Å². The molecule has 0 N–H and O–H groups in total. The van der Waals surface area contributed by atoms with Gasteiger partial charge in [-0.15, -0.1) is 0 Å². The Labute approximate surface area is 107 Å². The maximum absolute atomic E-state index is 5.77. The van der Waals surface area contributed by atoms with Crippen LogP contribution in [0.15, 0.2) is 24.7 Å². The van der Waals surface area contributed by atoms with Crippen molar-refractivity contribution in [3.05, 3.63) is 24.7 Å². The number of hydrogen-bond donors (Lipinski definition) is 0. The Morgan fingerprint density at radius 2 is 1.56 bits per heavy atom. The molecule has 4 nitrogen and oxygen atoms in total. The third-order valence-electron chi connectivity index (χ3n) is 2.30. The molecule has 0 aliphatic rings. The van der Waals surface area contributed by atoms with Gasteiger partial charge in [0.25, 0.3) is 0 Å². The van der Waals surface area contributed by atoms with E-state index >= 15 is 0 Å². The molecule has 0 saturated heterocycles. The van der Waals surface area contributed by atoms with Gasteiger partial charge in [0.05, 0.1) is 17.7 Å². The van der Waals surface area contributed by atoms with Crippen molar-refractivity contribution in [2.24, 2.45) is 0 Å². The molecule has 1 aromatic carbocycles. The minimum atomic E-state index is 0.0961. The van der Waals surface area contributed by atoms with Crippen LogP contribution in [0.25, 0.3) is 10.9 Å². The molecule has 0 bridgehead atoms. The van der Waals surface area contributed by atoms with Crippen LogP contribution in [-0.4, -0.2) is 22.2 Å². The summed E-state index contributed by atoms with van der Waals surface area (Å²) in [6, 6.07) is 3.82. The van der Waals surface area contributed by atoms with Gasteiger partial charge in [-0.3, -0.25) is 0 Å². The average molecular weight is 246 g/mol. The predicted molar refractivity (Wildman–Crippen MR) is 71.1 cm³/mol. The van der Waals surface area contributed by atoms with Crippen molar-refractivity contribution in [3.63, 3.8) is 0 Å². The molecule has 0 saturated carbocycles. The number of nitrogens with zero attached hydrogens (tertiary/aromatic N) is 2. The van der Waals surface area contributed by atoms with E-state index in [1.807, 2.05) is 39.8 Å².